The molecule has 1 aliphatic heterocycles. The molecule has 2 atom stereocenters. The van der Waals surface area contributed by atoms with Gasteiger partial charge in [0.05, 0.1) is 5.56 Å². The van der Waals surface area contributed by atoms with Crippen LogP contribution in [0.4, 0.5) is 4.39 Å². The summed E-state index contributed by atoms with van der Waals surface area (Å²) in [6, 6.07) is 12.3. The monoisotopic (exact) mass is 453 g/mol. The Bertz CT molecular complexity index is 1000. The molecule has 1 heterocycles. The van der Waals surface area contributed by atoms with Gasteiger partial charge in [0.15, 0.2) is 0 Å². The summed E-state index contributed by atoms with van der Waals surface area (Å²) < 4.78 is 14.1. The van der Waals surface area contributed by atoms with E-state index in [4.69, 9.17) is 0 Å². The van der Waals surface area contributed by atoms with E-state index >= 15 is 0 Å². The summed E-state index contributed by atoms with van der Waals surface area (Å²) in [5.74, 6) is -1.72. The van der Waals surface area contributed by atoms with E-state index in [1.54, 1.807) is 17.0 Å². The number of aryl methyl sites for hydroxylation is 1. The lowest BCUT2D eigenvalue weighted by Crippen LogP contribution is -2.55. The molecule has 2 aromatic carbocycles. The Morgan fingerprint density at radius 2 is 1.76 bits per heavy atom. The highest BCUT2D eigenvalue weighted by atomic mass is 19.1. The van der Waals surface area contributed by atoms with Crippen molar-refractivity contribution in [1.82, 2.24) is 15.5 Å². The number of nitrogens with one attached hydrogen (secondary N) is 2. The van der Waals surface area contributed by atoms with Crippen molar-refractivity contribution in [3.05, 3.63) is 71.0 Å². The highest BCUT2D eigenvalue weighted by molar-refractivity contribution is 5.98. The molecular weight excluding hydrogens is 421 g/mol. The second-order valence-corrected chi connectivity index (χ2v) is 8.75. The summed E-state index contributed by atoms with van der Waals surface area (Å²) in [4.78, 5) is 40.5. The summed E-state index contributed by atoms with van der Waals surface area (Å²) in [6.45, 7) is 6.78. The largest absolute Gasteiger partial charge is 0.352 e. The van der Waals surface area contributed by atoms with Crippen LogP contribution in [0.25, 0.3) is 0 Å². The Kier molecular flexibility index (Phi) is 8.20. The van der Waals surface area contributed by atoms with Crippen LogP contribution in [0.3, 0.4) is 0 Å². The van der Waals surface area contributed by atoms with Gasteiger partial charge in [0, 0.05) is 24.7 Å². The summed E-state index contributed by atoms with van der Waals surface area (Å²) in [5.41, 5.74) is 1.58. The molecule has 1 fully saturated rings. The molecule has 3 amide bonds. The zero-order valence-corrected chi connectivity index (χ0v) is 19.4. The van der Waals surface area contributed by atoms with Crippen molar-refractivity contribution in [3.8, 4) is 0 Å². The average Bonchev–Trinajstić information content (AvgIpc) is 2.82. The maximum atomic E-state index is 14.1. The van der Waals surface area contributed by atoms with E-state index in [1.165, 1.54) is 18.2 Å². The minimum Gasteiger partial charge on any atom is -0.352 e. The van der Waals surface area contributed by atoms with Gasteiger partial charge >= 0.3 is 0 Å². The van der Waals surface area contributed by atoms with Crippen molar-refractivity contribution >= 4 is 17.7 Å². The highest BCUT2D eigenvalue weighted by Crippen LogP contribution is 2.23. The van der Waals surface area contributed by atoms with Gasteiger partial charge in [-0.1, -0.05) is 36.8 Å². The van der Waals surface area contributed by atoms with Crippen LogP contribution in [0.2, 0.25) is 0 Å². The smallest absolute Gasteiger partial charge is 0.254 e. The van der Waals surface area contributed by atoms with E-state index in [0.29, 0.717) is 31.5 Å². The molecule has 2 N–H and O–H groups in total. The number of likely N-dealkylation sites (tertiary alicyclic amines) is 1. The molecule has 0 spiro atoms. The molecular formula is C26H32FN3O3. The lowest BCUT2D eigenvalue weighted by atomic mass is 9.88. The van der Waals surface area contributed by atoms with Gasteiger partial charge in [-0.2, -0.15) is 0 Å². The first-order valence-electron chi connectivity index (χ1n) is 11.5. The van der Waals surface area contributed by atoms with Crippen molar-refractivity contribution in [2.75, 3.05) is 13.1 Å². The molecule has 176 valence electrons. The van der Waals surface area contributed by atoms with Crippen LogP contribution in [0.1, 0.15) is 59.4 Å². The number of piperidine rings is 1. The van der Waals surface area contributed by atoms with Crippen molar-refractivity contribution in [3.63, 3.8) is 0 Å². The number of hydrogen-bond acceptors (Lipinski definition) is 3. The topological polar surface area (TPSA) is 78.5 Å². The molecule has 2 aromatic rings. The Labute approximate surface area is 194 Å². The lowest BCUT2D eigenvalue weighted by molar-refractivity contribution is -0.125. The molecule has 3 rings (SSSR count). The van der Waals surface area contributed by atoms with Crippen molar-refractivity contribution in [2.45, 2.75) is 52.1 Å². The van der Waals surface area contributed by atoms with Crippen LogP contribution in [-0.2, 0) is 4.79 Å². The normalized spacial score (nSPS) is 16.1. The number of halogens is 1. The average molecular weight is 454 g/mol. The van der Waals surface area contributed by atoms with Gasteiger partial charge < -0.3 is 15.5 Å². The molecule has 1 saturated heterocycles. The van der Waals surface area contributed by atoms with E-state index in [0.717, 1.165) is 12.0 Å². The standard InChI is InChI=1S/C26H32FN3O3/c1-4-18(3)28-25(32)23(29-24(31)21-10-5-6-11-22(21)27)19-12-14-30(15-13-19)26(33)20-9-7-8-17(2)16-20/h5-11,16,18-19,23H,4,12-15H2,1-3H3,(H,28,32)(H,29,31)/t18-,23-/m1/s1. The summed E-state index contributed by atoms with van der Waals surface area (Å²) in [7, 11) is 0. The van der Waals surface area contributed by atoms with Gasteiger partial charge in [-0.05, 0) is 63.3 Å². The van der Waals surface area contributed by atoms with Crippen molar-refractivity contribution in [2.24, 2.45) is 5.92 Å². The molecule has 33 heavy (non-hydrogen) atoms. The zero-order chi connectivity index (χ0) is 24.0. The number of hydrogen-bond donors (Lipinski definition) is 2. The Morgan fingerprint density at radius 1 is 1.06 bits per heavy atom. The summed E-state index contributed by atoms with van der Waals surface area (Å²) in [6.07, 6.45) is 1.88. The number of carbonyl (C=O) groups is 3. The van der Waals surface area contributed by atoms with E-state index in [9.17, 15) is 18.8 Å². The fourth-order valence-electron chi connectivity index (χ4n) is 4.09. The zero-order valence-electron chi connectivity index (χ0n) is 19.4. The number of benzene rings is 2. The fraction of sp³-hybridized carbons (Fsp3) is 0.423. The molecule has 0 aliphatic carbocycles. The van der Waals surface area contributed by atoms with Crippen LogP contribution in [0.5, 0.6) is 0 Å². The lowest BCUT2D eigenvalue weighted by Gasteiger charge is -2.36. The second kappa shape index (κ2) is 11.1. The van der Waals surface area contributed by atoms with Crippen molar-refractivity contribution < 1.29 is 18.8 Å². The van der Waals surface area contributed by atoms with Gasteiger partial charge in [0.1, 0.15) is 11.9 Å². The van der Waals surface area contributed by atoms with Crippen LogP contribution < -0.4 is 10.6 Å². The minimum atomic E-state index is -0.803. The van der Waals surface area contributed by atoms with Gasteiger partial charge in [0.25, 0.3) is 11.8 Å². The summed E-state index contributed by atoms with van der Waals surface area (Å²) in [5, 5.41) is 5.70. The van der Waals surface area contributed by atoms with E-state index in [1.807, 2.05) is 39.0 Å². The molecule has 0 unspecified atom stereocenters. The van der Waals surface area contributed by atoms with E-state index < -0.39 is 17.8 Å². The van der Waals surface area contributed by atoms with Gasteiger partial charge in [-0.15, -0.1) is 0 Å². The summed E-state index contributed by atoms with van der Waals surface area (Å²) >= 11 is 0. The first kappa shape index (κ1) is 24.4. The molecule has 6 nitrogen and oxygen atoms in total. The molecule has 1 aliphatic rings. The fourth-order valence-corrected chi connectivity index (χ4v) is 4.09. The third-order valence-electron chi connectivity index (χ3n) is 6.25. The van der Waals surface area contributed by atoms with Crippen LogP contribution >= 0.6 is 0 Å². The predicted octanol–water partition coefficient (Wildman–Crippen LogP) is 3.70. The molecule has 0 radical (unpaired) electrons. The number of rotatable bonds is 7. The van der Waals surface area contributed by atoms with E-state index in [2.05, 4.69) is 10.6 Å². The molecule has 7 heteroatoms. The van der Waals surface area contributed by atoms with Gasteiger partial charge in [-0.25, -0.2) is 4.39 Å². The Balaban J connectivity index is 1.71. The highest BCUT2D eigenvalue weighted by Gasteiger charge is 2.35. The molecule has 0 aromatic heterocycles. The van der Waals surface area contributed by atoms with E-state index in [-0.39, 0.29) is 29.3 Å². The maximum absolute atomic E-state index is 14.1. The molecule has 0 saturated carbocycles. The van der Waals surface area contributed by atoms with Crippen molar-refractivity contribution in [1.29, 1.82) is 0 Å². The first-order valence-corrected chi connectivity index (χ1v) is 11.5. The quantitative estimate of drug-likeness (QED) is 0.671. The minimum absolute atomic E-state index is 0.0341. The van der Waals surface area contributed by atoms with Gasteiger partial charge in [-0.3, -0.25) is 14.4 Å². The Hall–Kier alpha value is -3.22. The van der Waals surface area contributed by atoms with Crippen LogP contribution in [-0.4, -0.2) is 47.8 Å². The third-order valence-corrected chi connectivity index (χ3v) is 6.25. The maximum Gasteiger partial charge on any atom is 0.254 e. The van der Waals surface area contributed by atoms with Crippen LogP contribution in [0, 0.1) is 18.7 Å². The second-order valence-electron chi connectivity index (χ2n) is 8.75. The number of amides is 3. The van der Waals surface area contributed by atoms with Crippen LogP contribution in [0.15, 0.2) is 48.5 Å². The predicted molar refractivity (Wildman–Crippen MR) is 125 cm³/mol. The Morgan fingerprint density at radius 3 is 2.39 bits per heavy atom. The third kappa shape index (κ3) is 6.18. The number of nitrogens with zero attached hydrogens (tertiary/aromatic N) is 1. The first-order chi connectivity index (χ1) is 15.8. The SMILES string of the molecule is CC[C@@H](C)NC(=O)[C@H](NC(=O)c1ccccc1F)C1CCN(C(=O)c2cccc(C)c2)CC1. The number of carbonyl (C=O) groups excluding carboxylic acids is 3. The molecule has 0 bridgehead atoms. The van der Waals surface area contributed by atoms with Gasteiger partial charge in [0.2, 0.25) is 5.91 Å².